The number of pyridine rings is 2. The molecule has 2 heterocycles. The first-order valence-corrected chi connectivity index (χ1v) is 6.50. The maximum Gasteiger partial charge on any atom is 0.274 e. The SMILES string of the molecule is O=C(Nc1ccc(Cl)c2cccnc12)c1cccc(F)n1. The molecule has 3 rings (SSSR count). The minimum Gasteiger partial charge on any atom is -0.319 e. The Morgan fingerprint density at radius 1 is 1.14 bits per heavy atom. The fraction of sp³-hybridized carbons (Fsp3) is 0. The van der Waals surface area contributed by atoms with Crippen molar-refractivity contribution in [3.05, 3.63) is 65.3 Å². The maximum absolute atomic E-state index is 13.1. The van der Waals surface area contributed by atoms with E-state index >= 15 is 0 Å². The number of hydrogen-bond donors (Lipinski definition) is 1. The number of halogens is 2. The highest BCUT2D eigenvalue weighted by Crippen LogP contribution is 2.28. The summed E-state index contributed by atoms with van der Waals surface area (Å²) in [7, 11) is 0. The Balaban J connectivity index is 1.99. The van der Waals surface area contributed by atoms with Gasteiger partial charge in [-0.2, -0.15) is 4.39 Å². The van der Waals surface area contributed by atoms with Gasteiger partial charge < -0.3 is 5.32 Å². The second kappa shape index (κ2) is 5.46. The number of aromatic nitrogens is 2. The van der Waals surface area contributed by atoms with Gasteiger partial charge >= 0.3 is 0 Å². The molecular weight excluding hydrogens is 293 g/mol. The van der Waals surface area contributed by atoms with Crippen LogP contribution in [0.15, 0.2) is 48.7 Å². The number of nitrogens with one attached hydrogen (secondary N) is 1. The van der Waals surface area contributed by atoms with Crippen molar-refractivity contribution in [1.29, 1.82) is 0 Å². The molecule has 0 radical (unpaired) electrons. The van der Waals surface area contributed by atoms with E-state index in [1.165, 1.54) is 18.2 Å². The van der Waals surface area contributed by atoms with Crippen LogP contribution in [0.25, 0.3) is 10.9 Å². The summed E-state index contributed by atoms with van der Waals surface area (Å²) in [6.45, 7) is 0. The fourth-order valence-corrected chi connectivity index (χ4v) is 2.18. The zero-order valence-corrected chi connectivity index (χ0v) is 11.4. The van der Waals surface area contributed by atoms with Crippen molar-refractivity contribution in [3.8, 4) is 0 Å². The van der Waals surface area contributed by atoms with E-state index in [1.54, 1.807) is 30.5 Å². The predicted octanol–water partition coefficient (Wildman–Crippen LogP) is 3.67. The van der Waals surface area contributed by atoms with E-state index in [0.717, 1.165) is 5.39 Å². The summed E-state index contributed by atoms with van der Waals surface area (Å²) in [6, 6.07) is 10.9. The highest BCUT2D eigenvalue weighted by Gasteiger charge is 2.12. The minimum atomic E-state index is -0.707. The first kappa shape index (κ1) is 13.5. The van der Waals surface area contributed by atoms with E-state index in [4.69, 9.17) is 11.6 Å². The van der Waals surface area contributed by atoms with Crippen molar-refractivity contribution in [3.63, 3.8) is 0 Å². The van der Waals surface area contributed by atoms with Gasteiger partial charge in [0.25, 0.3) is 5.91 Å². The molecule has 6 heteroatoms. The third kappa shape index (κ3) is 2.68. The van der Waals surface area contributed by atoms with Gasteiger partial charge in [0.2, 0.25) is 5.95 Å². The lowest BCUT2D eigenvalue weighted by molar-refractivity contribution is 0.102. The second-order valence-electron chi connectivity index (χ2n) is 4.29. The van der Waals surface area contributed by atoms with Crippen LogP contribution in [-0.2, 0) is 0 Å². The van der Waals surface area contributed by atoms with Crippen LogP contribution in [0.4, 0.5) is 10.1 Å². The molecular formula is C15H9ClFN3O. The maximum atomic E-state index is 13.1. The van der Waals surface area contributed by atoms with Crippen molar-refractivity contribution in [2.45, 2.75) is 0 Å². The van der Waals surface area contributed by atoms with Gasteiger partial charge in [-0.15, -0.1) is 0 Å². The number of carbonyl (C=O) groups excluding carboxylic acids is 1. The molecule has 0 saturated heterocycles. The lowest BCUT2D eigenvalue weighted by Crippen LogP contribution is -2.14. The first-order chi connectivity index (χ1) is 10.1. The molecule has 0 aliphatic heterocycles. The number of anilines is 1. The summed E-state index contributed by atoms with van der Waals surface area (Å²) in [6.07, 6.45) is 1.61. The smallest absolute Gasteiger partial charge is 0.274 e. The average molecular weight is 302 g/mol. The van der Waals surface area contributed by atoms with Gasteiger partial charge in [-0.3, -0.25) is 9.78 Å². The molecule has 0 atom stereocenters. The average Bonchev–Trinajstić information content (AvgIpc) is 2.50. The van der Waals surface area contributed by atoms with Crippen LogP contribution in [0.5, 0.6) is 0 Å². The number of carbonyl (C=O) groups is 1. The van der Waals surface area contributed by atoms with Crippen LogP contribution in [0.2, 0.25) is 5.02 Å². The van der Waals surface area contributed by atoms with E-state index in [-0.39, 0.29) is 5.69 Å². The zero-order valence-electron chi connectivity index (χ0n) is 10.7. The van der Waals surface area contributed by atoms with Gasteiger partial charge in [-0.25, -0.2) is 4.98 Å². The number of fused-ring (bicyclic) bond motifs is 1. The molecule has 104 valence electrons. The van der Waals surface area contributed by atoms with Crippen LogP contribution in [0, 0.1) is 5.95 Å². The van der Waals surface area contributed by atoms with Crippen molar-refractivity contribution in [2.24, 2.45) is 0 Å². The first-order valence-electron chi connectivity index (χ1n) is 6.12. The molecule has 0 spiro atoms. The Morgan fingerprint density at radius 2 is 2.00 bits per heavy atom. The summed E-state index contributed by atoms with van der Waals surface area (Å²) < 4.78 is 13.1. The monoisotopic (exact) mass is 301 g/mol. The zero-order chi connectivity index (χ0) is 14.8. The van der Waals surface area contributed by atoms with Gasteiger partial charge in [0.1, 0.15) is 5.69 Å². The molecule has 3 aromatic rings. The Hall–Kier alpha value is -2.53. The Labute approximate surface area is 124 Å². The van der Waals surface area contributed by atoms with Crippen LogP contribution in [-0.4, -0.2) is 15.9 Å². The lowest BCUT2D eigenvalue weighted by atomic mass is 10.2. The quantitative estimate of drug-likeness (QED) is 0.735. The number of rotatable bonds is 2. The van der Waals surface area contributed by atoms with E-state index in [2.05, 4.69) is 15.3 Å². The van der Waals surface area contributed by atoms with Crippen LogP contribution in [0.1, 0.15) is 10.5 Å². The molecule has 1 amide bonds. The van der Waals surface area contributed by atoms with E-state index in [1.807, 2.05) is 0 Å². The third-order valence-electron chi connectivity index (χ3n) is 2.91. The molecule has 1 N–H and O–H groups in total. The van der Waals surface area contributed by atoms with Gasteiger partial charge in [-0.1, -0.05) is 17.7 Å². The minimum absolute atomic E-state index is 0.00553. The molecule has 0 aliphatic carbocycles. The summed E-state index contributed by atoms with van der Waals surface area (Å²) in [5.74, 6) is -1.22. The van der Waals surface area contributed by atoms with Crippen molar-refractivity contribution < 1.29 is 9.18 Å². The van der Waals surface area contributed by atoms with Gasteiger partial charge in [-0.05, 0) is 36.4 Å². The normalized spacial score (nSPS) is 10.6. The molecule has 4 nitrogen and oxygen atoms in total. The van der Waals surface area contributed by atoms with Crippen LogP contribution < -0.4 is 5.32 Å². The van der Waals surface area contributed by atoms with Gasteiger partial charge in [0, 0.05) is 11.6 Å². The summed E-state index contributed by atoms with van der Waals surface area (Å²) in [4.78, 5) is 19.8. The fourth-order valence-electron chi connectivity index (χ4n) is 1.96. The van der Waals surface area contributed by atoms with Crippen LogP contribution >= 0.6 is 11.6 Å². The largest absolute Gasteiger partial charge is 0.319 e. The number of hydrogen-bond acceptors (Lipinski definition) is 3. The second-order valence-corrected chi connectivity index (χ2v) is 4.70. The summed E-state index contributed by atoms with van der Waals surface area (Å²) in [5, 5.41) is 3.93. The van der Waals surface area contributed by atoms with Crippen molar-refractivity contribution >= 4 is 34.1 Å². The molecule has 0 bridgehead atoms. The van der Waals surface area contributed by atoms with Gasteiger partial charge in [0.05, 0.1) is 16.2 Å². The Morgan fingerprint density at radius 3 is 2.81 bits per heavy atom. The Kier molecular flexibility index (Phi) is 3.50. The van der Waals surface area contributed by atoms with Crippen LogP contribution in [0.3, 0.4) is 0 Å². The Bertz CT molecular complexity index is 838. The van der Waals surface area contributed by atoms with E-state index in [0.29, 0.717) is 16.2 Å². The standard InChI is InChI=1S/C15H9ClFN3O/c16-10-6-7-11(14-9(10)3-2-8-18-14)20-15(21)12-4-1-5-13(17)19-12/h1-8H,(H,20,21). The highest BCUT2D eigenvalue weighted by molar-refractivity contribution is 6.36. The predicted molar refractivity (Wildman–Crippen MR) is 78.9 cm³/mol. The summed E-state index contributed by atoms with van der Waals surface area (Å²) in [5.41, 5.74) is 1.05. The van der Waals surface area contributed by atoms with Gasteiger partial charge in [0.15, 0.2) is 0 Å². The molecule has 0 saturated carbocycles. The topological polar surface area (TPSA) is 54.9 Å². The lowest BCUT2D eigenvalue weighted by Gasteiger charge is -2.08. The van der Waals surface area contributed by atoms with E-state index in [9.17, 15) is 9.18 Å². The molecule has 21 heavy (non-hydrogen) atoms. The molecule has 0 unspecified atom stereocenters. The number of benzene rings is 1. The number of nitrogens with zero attached hydrogens (tertiary/aromatic N) is 2. The summed E-state index contributed by atoms with van der Waals surface area (Å²) >= 11 is 6.09. The van der Waals surface area contributed by atoms with Crippen molar-refractivity contribution in [2.75, 3.05) is 5.32 Å². The molecule has 0 fully saturated rings. The third-order valence-corrected chi connectivity index (χ3v) is 3.24. The highest BCUT2D eigenvalue weighted by atomic mass is 35.5. The molecule has 1 aromatic carbocycles. The molecule has 0 aliphatic rings. The molecule has 2 aromatic heterocycles. The van der Waals surface area contributed by atoms with E-state index < -0.39 is 11.9 Å². The number of amides is 1. The van der Waals surface area contributed by atoms with Crippen molar-refractivity contribution in [1.82, 2.24) is 9.97 Å².